The lowest BCUT2D eigenvalue weighted by atomic mass is 9.98. The largest absolute Gasteiger partial charge is 0.384 e. The van der Waals surface area contributed by atoms with Gasteiger partial charge in [0.2, 0.25) is 0 Å². The molecule has 0 aliphatic carbocycles. The summed E-state index contributed by atoms with van der Waals surface area (Å²) in [5.74, 6) is 11.1. The number of nitrogens with one attached hydrogen (secondary N) is 3. The van der Waals surface area contributed by atoms with Crippen molar-refractivity contribution in [2.24, 2.45) is 22.6 Å². The molecule has 0 amide bonds. The highest BCUT2D eigenvalue weighted by atomic mass is 32.2. The molecule has 1 fully saturated rings. The number of rotatable bonds is 10. The number of hydrazone groups is 1. The molecule has 12 nitrogen and oxygen atoms in total. The minimum atomic E-state index is -1.55. The summed E-state index contributed by atoms with van der Waals surface area (Å²) in [5, 5.41) is 7.33. The number of hydrogen-bond acceptors (Lipinski definition) is 11. The zero-order chi connectivity index (χ0) is 23.1. The maximum absolute atomic E-state index is 13.3. The summed E-state index contributed by atoms with van der Waals surface area (Å²) in [5.41, 5.74) is 16.6. The van der Waals surface area contributed by atoms with E-state index in [-0.39, 0.29) is 11.9 Å². The number of amidine groups is 1. The molecule has 14 heteroatoms. The van der Waals surface area contributed by atoms with Crippen molar-refractivity contribution < 1.29 is 8.49 Å². The van der Waals surface area contributed by atoms with Crippen molar-refractivity contribution in [1.29, 1.82) is 0 Å². The van der Waals surface area contributed by atoms with Crippen LogP contribution < -0.4 is 43.1 Å². The van der Waals surface area contributed by atoms with Crippen LogP contribution in [-0.2, 0) is 15.3 Å². The molecule has 1 aromatic carbocycles. The number of nitrogens with two attached hydrogens (primary N) is 4. The Kier molecular flexibility index (Phi) is 8.63. The van der Waals surface area contributed by atoms with Crippen LogP contribution in [0.25, 0.3) is 11.1 Å². The van der Waals surface area contributed by atoms with Crippen LogP contribution in [0.2, 0.25) is 0 Å². The Morgan fingerprint density at radius 1 is 1.44 bits per heavy atom. The maximum Gasteiger partial charge on any atom is 0.154 e. The molecule has 174 valence electrons. The first-order valence-electron chi connectivity index (χ1n) is 9.80. The Bertz CT molecular complexity index is 967. The molecule has 2 atom stereocenters. The molecule has 1 saturated heterocycles. The monoisotopic (exact) mass is 480 g/mol. The zero-order valence-electron chi connectivity index (χ0n) is 17.6. The standard InChI is InChI=1S/C18H28N10O2S2/c1-28(31-30-22)17-14(32(29)25-10-12-3-2-8-23-12)6-5-13(16(17)18(20)26-27-21)11-4-7-15(19)24-9-11/h4-7,9,12,23,25,27H,2-3,8,10,21-22H2,1H3,(H2,19,24)(H2,20,26). The topological polar surface area (TPSA) is 195 Å². The van der Waals surface area contributed by atoms with Crippen LogP contribution in [0.15, 0.2) is 40.5 Å². The SMILES string of the molecule is CN(SON)c1c(S(=O)NCC2CCCN2)ccc(-c2ccc(N)nc2)c1/C(N)=N/NN. The number of benzene rings is 1. The smallest absolute Gasteiger partial charge is 0.154 e. The van der Waals surface area contributed by atoms with Crippen molar-refractivity contribution >= 4 is 40.6 Å². The number of hydrazine groups is 1. The van der Waals surface area contributed by atoms with Gasteiger partial charge in [-0.15, -0.1) is 5.10 Å². The quantitative estimate of drug-likeness (QED) is 0.0587. The van der Waals surface area contributed by atoms with E-state index in [0.717, 1.165) is 37.2 Å². The molecule has 0 saturated carbocycles. The van der Waals surface area contributed by atoms with Crippen LogP contribution in [0.3, 0.4) is 0 Å². The van der Waals surface area contributed by atoms with E-state index in [2.05, 4.69) is 25.7 Å². The highest BCUT2D eigenvalue weighted by molar-refractivity contribution is 7.96. The average molecular weight is 481 g/mol. The van der Waals surface area contributed by atoms with Crippen molar-refractivity contribution in [2.75, 3.05) is 30.2 Å². The molecule has 2 unspecified atom stereocenters. The van der Waals surface area contributed by atoms with Crippen molar-refractivity contribution in [1.82, 2.24) is 20.6 Å². The molecule has 0 spiro atoms. The third-order valence-electron chi connectivity index (χ3n) is 4.97. The van der Waals surface area contributed by atoms with Crippen molar-refractivity contribution in [3.05, 3.63) is 36.0 Å². The minimum absolute atomic E-state index is 0.0788. The molecule has 2 heterocycles. The van der Waals surface area contributed by atoms with Gasteiger partial charge in [-0.3, -0.25) is 4.31 Å². The van der Waals surface area contributed by atoms with Gasteiger partial charge in [-0.25, -0.2) is 35.5 Å². The summed E-state index contributed by atoms with van der Waals surface area (Å²) in [6, 6.07) is 7.31. The second kappa shape index (κ2) is 11.4. The summed E-state index contributed by atoms with van der Waals surface area (Å²) in [4.78, 5) is 4.64. The van der Waals surface area contributed by atoms with Gasteiger partial charge >= 0.3 is 0 Å². The molecule has 0 radical (unpaired) electrons. The highest BCUT2D eigenvalue weighted by Crippen LogP contribution is 2.37. The molecule has 1 aliphatic rings. The second-order valence-electron chi connectivity index (χ2n) is 7.01. The van der Waals surface area contributed by atoms with Crippen LogP contribution in [0.4, 0.5) is 11.5 Å². The van der Waals surface area contributed by atoms with Gasteiger partial charge in [0.15, 0.2) is 5.84 Å². The second-order valence-corrected chi connectivity index (χ2v) is 9.17. The molecule has 1 aliphatic heterocycles. The van der Waals surface area contributed by atoms with E-state index in [1.165, 1.54) is 0 Å². The average Bonchev–Trinajstić information content (AvgIpc) is 3.31. The van der Waals surface area contributed by atoms with Crippen molar-refractivity contribution in [3.8, 4) is 11.1 Å². The van der Waals surface area contributed by atoms with Gasteiger partial charge in [0.25, 0.3) is 0 Å². The fourth-order valence-electron chi connectivity index (χ4n) is 3.51. The summed E-state index contributed by atoms with van der Waals surface area (Å²) < 4.78 is 22.7. The number of nitrogens with zero attached hydrogens (tertiary/aromatic N) is 3. The molecule has 32 heavy (non-hydrogen) atoms. The van der Waals surface area contributed by atoms with Crippen molar-refractivity contribution in [2.45, 2.75) is 23.8 Å². The van der Waals surface area contributed by atoms with E-state index >= 15 is 0 Å². The Hall–Kier alpha value is -2.46. The van der Waals surface area contributed by atoms with Gasteiger partial charge in [0.05, 0.1) is 16.1 Å². The normalized spacial score (nSPS) is 17.3. The van der Waals surface area contributed by atoms with Crippen LogP contribution in [-0.4, -0.2) is 41.2 Å². The van der Waals surface area contributed by atoms with E-state index in [1.54, 1.807) is 41.8 Å². The molecular formula is C18H28N10O2S2. The molecule has 3 rings (SSSR count). The van der Waals surface area contributed by atoms with Gasteiger partial charge in [-0.2, -0.15) is 0 Å². The van der Waals surface area contributed by atoms with E-state index in [1.807, 2.05) is 0 Å². The van der Waals surface area contributed by atoms with E-state index in [4.69, 9.17) is 27.5 Å². The fraction of sp³-hybridized carbons (Fsp3) is 0.333. The van der Waals surface area contributed by atoms with E-state index in [9.17, 15) is 4.21 Å². The van der Waals surface area contributed by atoms with Crippen LogP contribution in [0.1, 0.15) is 18.4 Å². The Morgan fingerprint density at radius 2 is 2.25 bits per heavy atom. The minimum Gasteiger partial charge on any atom is -0.384 e. The summed E-state index contributed by atoms with van der Waals surface area (Å²) in [7, 11) is 0.159. The van der Waals surface area contributed by atoms with Gasteiger partial charge in [-0.1, -0.05) is 6.07 Å². The first kappa shape index (κ1) is 24.2. The lowest BCUT2D eigenvalue weighted by Gasteiger charge is -2.24. The lowest BCUT2D eigenvalue weighted by molar-refractivity contribution is 0.397. The van der Waals surface area contributed by atoms with Gasteiger partial charge in [0, 0.05) is 31.4 Å². The Morgan fingerprint density at radius 3 is 2.88 bits per heavy atom. The number of nitrogen functional groups attached to an aromatic ring is 1. The number of aromatic nitrogens is 1. The lowest BCUT2D eigenvalue weighted by Crippen LogP contribution is -2.35. The van der Waals surface area contributed by atoms with Crippen LogP contribution in [0.5, 0.6) is 0 Å². The van der Waals surface area contributed by atoms with Gasteiger partial charge in [0.1, 0.15) is 29.0 Å². The van der Waals surface area contributed by atoms with E-state index in [0.29, 0.717) is 34.1 Å². The molecule has 1 aromatic heterocycles. The summed E-state index contributed by atoms with van der Waals surface area (Å²) >= 11 is 0.854. The van der Waals surface area contributed by atoms with Gasteiger partial charge < -0.3 is 16.8 Å². The zero-order valence-corrected chi connectivity index (χ0v) is 19.2. The summed E-state index contributed by atoms with van der Waals surface area (Å²) in [6.07, 6.45) is 3.75. The molecular weight excluding hydrogens is 452 g/mol. The fourth-order valence-corrected chi connectivity index (χ4v) is 5.08. The predicted octanol–water partition coefficient (Wildman–Crippen LogP) is -0.332. The first-order chi connectivity index (χ1) is 15.5. The number of pyridine rings is 1. The van der Waals surface area contributed by atoms with E-state index < -0.39 is 11.0 Å². The Labute approximate surface area is 193 Å². The summed E-state index contributed by atoms with van der Waals surface area (Å²) in [6.45, 7) is 1.52. The molecule has 11 N–H and O–H groups in total. The maximum atomic E-state index is 13.3. The molecule has 2 aromatic rings. The molecule has 0 bridgehead atoms. The third-order valence-corrected chi connectivity index (χ3v) is 6.62. The van der Waals surface area contributed by atoms with Crippen LogP contribution >= 0.6 is 12.2 Å². The third kappa shape index (κ3) is 5.66. The predicted molar refractivity (Wildman–Crippen MR) is 129 cm³/mol. The van der Waals surface area contributed by atoms with Gasteiger partial charge in [-0.05, 0) is 43.1 Å². The Balaban J connectivity index is 2.11. The first-order valence-corrected chi connectivity index (χ1v) is 11.6. The highest BCUT2D eigenvalue weighted by Gasteiger charge is 2.25. The number of hydrogen-bond donors (Lipinski definition) is 7. The van der Waals surface area contributed by atoms with Crippen molar-refractivity contribution in [3.63, 3.8) is 0 Å². The number of anilines is 2. The van der Waals surface area contributed by atoms with Crippen LogP contribution in [0, 0.1) is 0 Å².